The van der Waals surface area contributed by atoms with E-state index in [-0.39, 0.29) is 11.9 Å². The van der Waals surface area contributed by atoms with Gasteiger partial charge in [-0.05, 0) is 42.7 Å². The lowest BCUT2D eigenvalue weighted by Crippen LogP contribution is -2.44. The number of carbonyl (C=O) groups is 1. The van der Waals surface area contributed by atoms with Crippen LogP contribution in [-0.2, 0) is 9.53 Å². The molecule has 2 aliphatic rings. The minimum Gasteiger partial charge on any atom is -0.465 e. The SMILES string of the molecule is Cc1coc2c1[C@@H](OC(=O)CC(C)C)[C@@]1(C)C(=CCC[C@@H]1C)[C@H]2O. The molecule has 4 atom stereocenters. The summed E-state index contributed by atoms with van der Waals surface area (Å²) in [6.45, 7) is 10.3. The molecule has 0 radical (unpaired) electrons. The normalized spacial score (nSPS) is 32.1. The van der Waals surface area contributed by atoms with Gasteiger partial charge in [0, 0.05) is 17.4 Å². The number of aliphatic hydroxyl groups excluding tert-OH is 1. The van der Waals surface area contributed by atoms with Crippen molar-refractivity contribution in [2.45, 2.75) is 66.1 Å². The number of furan rings is 1. The van der Waals surface area contributed by atoms with Crippen molar-refractivity contribution in [1.29, 1.82) is 0 Å². The molecule has 4 heteroatoms. The standard InChI is InChI=1S/C20H28O4/c1-11(2)9-15(21)24-19-16-12(3)10-23-18(16)17(22)14-8-6-7-13(4)20(14,19)5/h8,10-11,13,17,19,22H,6-7,9H2,1-5H3/t13-,17+,19+,20+/m0/s1. The maximum absolute atomic E-state index is 12.4. The van der Waals surface area contributed by atoms with Crippen LogP contribution in [0.3, 0.4) is 0 Å². The van der Waals surface area contributed by atoms with E-state index in [2.05, 4.69) is 19.9 Å². The lowest BCUT2D eigenvalue weighted by atomic mass is 9.58. The van der Waals surface area contributed by atoms with Crippen molar-refractivity contribution in [2.75, 3.05) is 0 Å². The zero-order chi connectivity index (χ0) is 17.6. The van der Waals surface area contributed by atoms with E-state index in [1.54, 1.807) is 6.26 Å². The Bertz CT molecular complexity index is 669. The molecule has 0 spiro atoms. The summed E-state index contributed by atoms with van der Waals surface area (Å²) in [5.41, 5.74) is 2.33. The fourth-order valence-corrected chi connectivity index (χ4v) is 4.27. The van der Waals surface area contributed by atoms with Crippen LogP contribution >= 0.6 is 0 Å². The zero-order valence-corrected chi connectivity index (χ0v) is 15.3. The summed E-state index contributed by atoms with van der Waals surface area (Å²) >= 11 is 0. The van der Waals surface area contributed by atoms with E-state index in [0.29, 0.717) is 18.1 Å². The molecule has 0 bridgehead atoms. The molecule has 24 heavy (non-hydrogen) atoms. The van der Waals surface area contributed by atoms with Crippen molar-refractivity contribution in [3.05, 3.63) is 34.8 Å². The van der Waals surface area contributed by atoms with E-state index in [1.165, 1.54) is 0 Å². The summed E-state index contributed by atoms with van der Waals surface area (Å²) in [5.74, 6) is 0.915. The van der Waals surface area contributed by atoms with Crippen molar-refractivity contribution in [2.24, 2.45) is 17.3 Å². The minimum absolute atomic E-state index is 0.184. The fourth-order valence-electron chi connectivity index (χ4n) is 4.27. The topological polar surface area (TPSA) is 59.7 Å². The molecule has 0 unspecified atom stereocenters. The first-order valence-corrected chi connectivity index (χ1v) is 8.92. The lowest BCUT2D eigenvalue weighted by molar-refractivity contribution is -0.160. The number of esters is 1. The number of allylic oxidation sites excluding steroid dienone is 1. The maximum atomic E-state index is 12.4. The average molecular weight is 332 g/mol. The summed E-state index contributed by atoms with van der Waals surface area (Å²) in [6, 6.07) is 0. The Balaban J connectivity index is 2.09. The molecule has 2 aliphatic carbocycles. The van der Waals surface area contributed by atoms with Crippen LogP contribution < -0.4 is 0 Å². The van der Waals surface area contributed by atoms with Crippen LogP contribution in [0.5, 0.6) is 0 Å². The monoisotopic (exact) mass is 332 g/mol. The van der Waals surface area contributed by atoms with Crippen molar-refractivity contribution >= 4 is 5.97 Å². The molecule has 1 N–H and O–H groups in total. The summed E-state index contributed by atoms with van der Waals surface area (Å²) < 4.78 is 11.6. The first-order chi connectivity index (χ1) is 11.3. The van der Waals surface area contributed by atoms with Crippen LogP contribution in [0.4, 0.5) is 0 Å². The molecule has 0 saturated heterocycles. The second kappa shape index (κ2) is 6.07. The molecule has 4 nitrogen and oxygen atoms in total. The first kappa shape index (κ1) is 17.3. The van der Waals surface area contributed by atoms with E-state index in [0.717, 1.165) is 29.5 Å². The second-order valence-corrected chi connectivity index (χ2v) is 7.99. The van der Waals surface area contributed by atoms with Crippen molar-refractivity contribution in [3.8, 4) is 0 Å². The Morgan fingerprint density at radius 3 is 2.88 bits per heavy atom. The Morgan fingerprint density at radius 2 is 2.21 bits per heavy atom. The Labute approximate surface area is 143 Å². The number of aliphatic hydroxyl groups is 1. The number of ether oxygens (including phenoxy) is 1. The van der Waals surface area contributed by atoms with Gasteiger partial charge in [0.1, 0.15) is 18.0 Å². The van der Waals surface area contributed by atoms with Gasteiger partial charge in [0.2, 0.25) is 0 Å². The summed E-state index contributed by atoms with van der Waals surface area (Å²) in [4.78, 5) is 12.4. The van der Waals surface area contributed by atoms with Crippen molar-refractivity contribution < 1.29 is 19.1 Å². The van der Waals surface area contributed by atoms with Gasteiger partial charge in [0.25, 0.3) is 0 Å². The maximum Gasteiger partial charge on any atom is 0.306 e. The van der Waals surface area contributed by atoms with Gasteiger partial charge >= 0.3 is 5.97 Å². The molecule has 1 aromatic heterocycles. The second-order valence-electron chi connectivity index (χ2n) is 7.99. The lowest BCUT2D eigenvalue weighted by Gasteiger charge is -2.50. The highest BCUT2D eigenvalue weighted by molar-refractivity contribution is 5.70. The highest BCUT2D eigenvalue weighted by Crippen LogP contribution is 2.60. The van der Waals surface area contributed by atoms with Crippen LogP contribution in [0.2, 0.25) is 0 Å². The van der Waals surface area contributed by atoms with E-state index in [4.69, 9.17) is 9.15 Å². The van der Waals surface area contributed by atoms with E-state index < -0.39 is 17.6 Å². The number of hydrogen-bond donors (Lipinski definition) is 1. The van der Waals surface area contributed by atoms with Crippen molar-refractivity contribution in [1.82, 2.24) is 0 Å². The molecule has 1 aromatic rings. The predicted octanol–water partition coefficient (Wildman–Crippen LogP) is 4.63. The van der Waals surface area contributed by atoms with Gasteiger partial charge in [0.05, 0.1) is 6.26 Å². The Kier molecular flexibility index (Phi) is 4.37. The summed E-state index contributed by atoms with van der Waals surface area (Å²) in [7, 11) is 0. The number of fused-ring (bicyclic) bond motifs is 2. The highest BCUT2D eigenvalue weighted by atomic mass is 16.5. The van der Waals surface area contributed by atoms with Crippen LogP contribution in [-0.4, -0.2) is 11.1 Å². The molecule has 0 saturated carbocycles. The Morgan fingerprint density at radius 1 is 1.50 bits per heavy atom. The molecule has 0 fully saturated rings. The highest BCUT2D eigenvalue weighted by Gasteiger charge is 2.54. The van der Waals surface area contributed by atoms with Gasteiger partial charge in [-0.3, -0.25) is 4.79 Å². The molecule has 1 heterocycles. The van der Waals surface area contributed by atoms with Crippen LogP contribution in [0.15, 0.2) is 22.3 Å². The third-order valence-electron chi connectivity index (χ3n) is 5.84. The molecule has 0 aromatic carbocycles. The van der Waals surface area contributed by atoms with Gasteiger partial charge in [-0.2, -0.15) is 0 Å². The molecular weight excluding hydrogens is 304 g/mol. The van der Waals surface area contributed by atoms with E-state index in [9.17, 15) is 9.90 Å². The van der Waals surface area contributed by atoms with Gasteiger partial charge in [-0.15, -0.1) is 0 Å². The summed E-state index contributed by atoms with van der Waals surface area (Å²) in [5, 5.41) is 10.8. The number of hydrogen-bond acceptors (Lipinski definition) is 4. The zero-order valence-electron chi connectivity index (χ0n) is 15.3. The molecule has 0 amide bonds. The summed E-state index contributed by atoms with van der Waals surface area (Å²) in [6.07, 6.45) is 4.97. The van der Waals surface area contributed by atoms with Gasteiger partial charge in [-0.1, -0.05) is 33.8 Å². The van der Waals surface area contributed by atoms with E-state index >= 15 is 0 Å². The number of aryl methyl sites for hydroxylation is 1. The first-order valence-electron chi connectivity index (χ1n) is 8.92. The predicted molar refractivity (Wildman–Crippen MR) is 91.3 cm³/mol. The minimum atomic E-state index is -0.749. The Hall–Kier alpha value is -1.55. The third-order valence-corrected chi connectivity index (χ3v) is 5.84. The van der Waals surface area contributed by atoms with Crippen LogP contribution in [0.1, 0.15) is 76.1 Å². The van der Waals surface area contributed by atoms with Gasteiger partial charge in [0.15, 0.2) is 0 Å². The molecule has 3 rings (SSSR count). The smallest absolute Gasteiger partial charge is 0.306 e. The molecule has 132 valence electrons. The molecule has 0 aliphatic heterocycles. The third kappa shape index (κ3) is 2.52. The largest absolute Gasteiger partial charge is 0.465 e. The number of rotatable bonds is 3. The molecular formula is C20H28O4. The van der Waals surface area contributed by atoms with Gasteiger partial charge in [-0.25, -0.2) is 0 Å². The quantitative estimate of drug-likeness (QED) is 0.648. The van der Waals surface area contributed by atoms with Crippen LogP contribution in [0, 0.1) is 24.2 Å². The number of carbonyl (C=O) groups excluding carboxylic acids is 1. The fraction of sp³-hybridized carbons (Fsp3) is 0.650. The van der Waals surface area contributed by atoms with Crippen molar-refractivity contribution in [3.63, 3.8) is 0 Å². The van der Waals surface area contributed by atoms with E-state index in [1.807, 2.05) is 20.8 Å². The van der Waals surface area contributed by atoms with Gasteiger partial charge < -0.3 is 14.3 Å². The van der Waals surface area contributed by atoms with Crippen LogP contribution in [0.25, 0.3) is 0 Å². The average Bonchev–Trinajstić information content (AvgIpc) is 2.87.